The van der Waals surface area contributed by atoms with Gasteiger partial charge in [-0.1, -0.05) is 72.8 Å². The average molecular weight is 1090 g/mol. The molecule has 25 nitrogen and oxygen atoms in total. The van der Waals surface area contributed by atoms with Gasteiger partial charge in [-0.3, -0.25) is 48.1 Å². The number of aliphatic imine (C=N–C) groups is 1. The molecule has 3 aromatic rings. The van der Waals surface area contributed by atoms with Crippen molar-refractivity contribution in [3.8, 4) is 5.75 Å². The minimum absolute atomic E-state index is 0.0297. The maximum atomic E-state index is 14.7. The number of amides is 8. The number of nitrogens with zero attached hydrogens (tertiary/aromatic N) is 2. The van der Waals surface area contributed by atoms with E-state index in [0.717, 1.165) is 0 Å². The number of likely N-dealkylation sites (tertiary alicyclic amines) is 1. The molecule has 0 aliphatic carbocycles. The normalized spacial score (nSPS) is 16.0. The predicted molar refractivity (Wildman–Crippen MR) is 287 cm³/mol. The lowest BCUT2D eigenvalue weighted by Crippen LogP contribution is -2.62. The van der Waals surface area contributed by atoms with Gasteiger partial charge in [0.25, 0.3) is 0 Å². The van der Waals surface area contributed by atoms with Gasteiger partial charge in [-0.2, -0.15) is 0 Å². The number of benzene rings is 3. The van der Waals surface area contributed by atoms with Gasteiger partial charge in [-0.25, -0.2) is 0 Å². The number of phenols is 1. The number of carbonyl (C=O) groups excluding carboxylic acids is 8. The molecule has 1 aliphatic rings. The van der Waals surface area contributed by atoms with Crippen LogP contribution in [0.2, 0.25) is 0 Å². The Bertz CT molecular complexity index is 2520. The fourth-order valence-electron chi connectivity index (χ4n) is 8.46. The number of phenolic OH excluding ortho intramolecular Hbond substituents is 1. The Balaban J connectivity index is 1.59. The van der Waals surface area contributed by atoms with E-state index < -0.39 is 114 Å². The molecule has 4 rings (SSSR count). The zero-order valence-electron chi connectivity index (χ0n) is 43.9. The first-order chi connectivity index (χ1) is 37.2. The van der Waals surface area contributed by atoms with E-state index in [4.69, 9.17) is 22.9 Å². The fraction of sp³-hybridized carbons (Fsp3) is 0.472. The smallest absolute Gasteiger partial charge is 0.325 e. The number of hydrogen-bond donors (Lipinski definition) is 14. The van der Waals surface area contributed by atoms with Crippen molar-refractivity contribution in [3.05, 3.63) is 102 Å². The van der Waals surface area contributed by atoms with E-state index in [1.165, 1.54) is 43.0 Å². The van der Waals surface area contributed by atoms with Gasteiger partial charge in [0.2, 0.25) is 47.3 Å². The third-order valence-corrected chi connectivity index (χ3v) is 12.8. The number of guanidine groups is 1. The number of hydrogen-bond acceptors (Lipinski definition) is 14. The molecule has 0 aromatic heterocycles. The highest BCUT2D eigenvalue weighted by atomic mass is 16.4. The van der Waals surface area contributed by atoms with Crippen molar-refractivity contribution in [1.82, 2.24) is 42.1 Å². The summed E-state index contributed by atoms with van der Waals surface area (Å²) in [6, 6.07) is 12.6. The van der Waals surface area contributed by atoms with Crippen molar-refractivity contribution in [3.63, 3.8) is 0 Å². The summed E-state index contributed by atoms with van der Waals surface area (Å²) in [6.07, 6.45) is 0.183. The number of nitrogens with two attached hydrogens (primary N) is 4. The molecule has 25 heteroatoms. The van der Waals surface area contributed by atoms with Gasteiger partial charge in [0, 0.05) is 32.4 Å². The summed E-state index contributed by atoms with van der Waals surface area (Å²) in [5.74, 6) is -7.80. The lowest BCUT2D eigenvalue weighted by molar-refractivity contribution is -0.145. The van der Waals surface area contributed by atoms with Crippen LogP contribution in [0.4, 0.5) is 0 Å². The van der Waals surface area contributed by atoms with E-state index >= 15 is 0 Å². The molecule has 1 saturated heterocycles. The Morgan fingerprint density at radius 3 is 1.71 bits per heavy atom. The minimum Gasteiger partial charge on any atom is -0.508 e. The summed E-state index contributed by atoms with van der Waals surface area (Å²) < 4.78 is 0. The van der Waals surface area contributed by atoms with Crippen molar-refractivity contribution < 1.29 is 58.5 Å². The van der Waals surface area contributed by atoms with Crippen LogP contribution in [0.5, 0.6) is 5.75 Å². The van der Waals surface area contributed by atoms with E-state index in [2.05, 4.69) is 42.2 Å². The van der Waals surface area contributed by atoms with Crippen LogP contribution in [-0.4, -0.2) is 160 Å². The van der Waals surface area contributed by atoms with Gasteiger partial charge in [-0.05, 0) is 94.2 Å². The number of unbranched alkanes of at least 4 members (excludes halogenated alkanes) is 1. The molecule has 0 spiro atoms. The number of rotatable bonds is 31. The van der Waals surface area contributed by atoms with Crippen LogP contribution in [0.25, 0.3) is 0 Å². The number of carboxylic acids is 1. The molecule has 0 radical (unpaired) electrons. The van der Waals surface area contributed by atoms with E-state index in [9.17, 15) is 58.5 Å². The second-order valence-electron chi connectivity index (χ2n) is 19.1. The maximum Gasteiger partial charge on any atom is 0.325 e. The van der Waals surface area contributed by atoms with Crippen LogP contribution in [0.1, 0.15) is 75.5 Å². The number of aliphatic hydroxyl groups is 1. The topological polar surface area (TPSA) is 418 Å². The van der Waals surface area contributed by atoms with Gasteiger partial charge < -0.3 is 80.4 Å². The summed E-state index contributed by atoms with van der Waals surface area (Å²) in [5, 5.41) is 48.6. The van der Waals surface area contributed by atoms with Crippen molar-refractivity contribution in [2.45, 2.75) is 132 Å². The molecule has 9 atom stereocenters. The molecule has 424 valence electrons. The predicted octanol–water partition coefficient (Wildman–Crippen LogP) is -2.57. The van der Waals surface area contributed by atoms with Crippen molar-refractivity contribution in [2.24, 2.45) is 27.9 Å². The standard InChI is InChI=1S/C53H75N13O12/c1-31(52(77)78)60-46(71)38(18-9-10-24-54)62-50(75)42-19-12-26-66(42)51(76)44(32(2)67)65-49(74)41(29-35-20-22-36(68)23-21-35)64-48(73)40(28-34-15-7-4-8-16-34)63-47(72)39(27-33-13-5-3-6-14-33)61-43(69)30-59-45(70)37(55)17-11-25-58-53(56)57/h3-8,13-16,20-23,31-32,37-42,44,67-68H,9-12,17-19,24-30,54-55H2,1-2H3,(H,59,70)(H,60,71)(H,61,69)(H,62,75)(H,63,72)(H,64,73)(H,65,74)(H,77,78)(H4,56,57,58). The lowest BCUT2D eigenvalue weighted by Gasteiger charge is -2.32. The zero-order valence-corrected chi connectivity index (χ0v) is 43.9. The van der Waals surface area contributed by atoms with Gasteiger partial charge in [0.1, 0.15) is 48.0 Å². The number of aromatic hydroxyl groups is 1. The molecule has 18 N–H and O–H groups in total. The van der Waals surface area contributed by atoms with Crippen LogP contribution in [-0.2, 0) is 62.4 Å². The van der Waals surface area contributed by atoms with Crippen LogP contribution in [0, 0.1) is 0 Å². The molecule has 78 heavy (non-hydrogen) atoms. The van der Waals surface area contributed by atoms with E-state index in [0.29, 0.717) is 48.9 Å². The lowest BCUT2D eigenvalue weighted by atomic mass is 10.0. The summed E-state index contributed by atoms with van der Waals surface area (Å²) in [6.45, 7) is 2.55. The molecule has 9 unspecified atom stereocenters. The highest BCUT2D eigenvalue weighted by Crippen LogP contribution is 2.21. The first kappa shape index (κ1) is 62.4. The Kier molecular flexibility index (Phi) is 25.4. The quantitative estimate of drug-likeness (QED) is 0.0179. The SMILES string of the molecule is CC(NC(=O)C(CCCCN)NC(=O)C1CCCN1C(=O)C(NC(=O)C(Cc1ccc(O)cc1)NC(=O)C(Cc1ccccc1)NC(=O)C(Cc1ccccc1)NC(=O)CNC(=O)C(N)CCCN=C(N)N)C(C)O)C(=O)O. The molecule has 3 aromatic carbocycles. The fourth-order valence-corrected chi connectivity index (χ4v) is 8.46. The monoisotopic (exact) mass is 1090 g/mol. The Labute approximate surface area is 452 Å². The second-order valence-corrected chi connectivity index (χ2v) is 19.1. The molecular weight excluding hydrogens is 1010 g/mol. The first-order valence-corrected chi connectivity index (χ1v) is 25.8. The Morgan fingerprint density at radius 1 is 0.654 bits per heavy atom. The second kappa shape index (κ2) is 31.8. The number of carbonyl (C=O) groups is 9. The number of nitrogens with one attached hydrogen (secondary N) is 7. The van der Waals surface area contributed by atoms with Crippen LogP contribution in [0.15, 0.2) is 89.9 Å². The van der Waals surface area contributed by atoms with E-state index in [1.807, 2.05) is 0 Å². The van der Waals surface area contributed by atoms with Gasteiger partial charge in [-0.15, -0.1) is 0 Å². The molecule has 8 amide bonds. The number of aliphatic hydroxyl groups excluding tert-OH is 1. The first-order valence-electron chi connectivity index (χ1n) is 25.8. The summed E-state index contributed by atoms with van der Waals surface area (Å²) in [5.41, 5.74) is 24.0. The largest absolute Gasteiger partial charge is 0.508 e. The van der Waals surface area contributed by atoms with E-state index in [1.54, 1.807) is 60.7 Å². The maximum absolute atomic E-state index is 14.7. The van der Waals surface area contributed by atoms with Crippen LogP contribution in [0.3, 0.4) is 0 Å². The molecule has 0 saturated carbocycles. The van der Waals surface area contributed by atoms with Crippen molar-refractivity contribution in [1.29, 1.82) is 0 Å². The van der Waals surface area contributed by atoms with Gasteiger partial charge in [0.05, 0.1) is 18.7 Å². The van der Waals surface area contributed by atoms with Crippen molar-refractivity contribution >= 4 is 59.2 Å². The molecule has 1 fully saturated rings. The zero-order chi connectivity index (χ0) is 57.3. The van der Waals surface area contributed by atoms with Crippen LogP contribution >= 0.6 is 0 Å². The summed E-state index contributed by atoms with van der Waals surface area (Å²) >= 11 is 0. The van der Waals surface area contributed by atoms with Crippen LogP contribution < -0.4 is 60.2 Å². The summed E-state index contributed by atoms with van der Waals surface area (Å²) in [7, 11) is 0. The highest BCUT2D eigenvalue weighted by Gasteiger charge is 2.41. The minimum atomic E-state index is -1.68. The van der Waals surface area contributed by atoms with E-state index in [-0.39, 0.29) is 63.3 Å². The molecule has 1 heterocycles. The molecular formula is C53H75N13O12. The number of carboxylic acid groups (broad SMARTS) is 1. The average Bonchev–Trinajstić information content (AvgIpc) is 3.91. The summed E-state index contributed by atoms with van der Waals surface area (Å²) in [4.78, 5) is 128. The third kappa shape index (κ3) is 20.8. The van der Waals surface area contributed by atoms with Gasteiger partial charge >= 0.3 is 5.97 Å². The highest BCUT2D eigenvalue weighted by molar-refractivity contribution is 5.98. The Hall–Kier alpha value is -8.16. The Morgan fingerprint density at radius 2 is 1.18 bits per heavy atom. The molecule has 0 bridgehead atoms. The number of aliphatic carboxylic acids is 1. The van der Waals surface area contributed by atoms with Gasteiger partial charge in [0.15, 0.2) is 5.96 Å². The third-order valence-electron chi connectivity index (χ3n) is 12.8. The van der Waals surface area contributed by atoms with Crippen molar-refractivity contribution in [2.75, 3.05) is 26.2 Å². The molecule has 1 aliphatic heterocycles.